The van der Waals surface area contributed by atoms with E-state index in [1.807, 2.05) is 4.90 Å². The summed E-state index contributed by atoms with van der Waals surface area (Å²) in [5.74, 6) is 0.248. The molecule has 0 radical (unpaired) electrons. The SMILES string of the molecule is CCC1CCCN(C(=O)c2sc3ccc(F)cc3c2N)C1. The van der Waals surface area contributed by atoms with Crippen molar-refractivity contribution in [3.63, 3.8) is 0 Å². The minimum Gasteiger partial charge on any atom is -0.397 e. The molecular weight excluding hydrogens is 287 g/mol. The fourth-order valence-corrected chi connectivity index (χ4v) is 4.05. The summed E-state index contributed by atoms with van der Waals surface area (Å²) in [6.45, 7) is 3.75. The second-order valence-corrected chi connectivity index (χ2v) is 6.71. The molecule has 1 atom stereocenters. The number of carbonyl (C=O) groups is 1. The predicted molar refractivity (Wildman–Crippen MR) is 85.1 cm³/mol. The molecule has 2 N–H and O–H groups in total. The van der Waals surface area contributed by atoms with E-state index in [1.54, 1.807) is 6.07 Å². The van der Waals surface area contributed by atoms with Gasteiger partial charge in [-0.05, 0) is 37.0 Å². The molecule has 1 aliphatic rings. The Morgan fingerprint density at radius 1 is 1.52 bits per heavy atom. The van der Waals surface area contributed by atoms with Crippen molar-refractivity contribution in [2.45, 2.75) is 26.2 Å². The van der Waals surface area contributed by atoms with E-state index >= 15 is 0 Å². The summed E-state index contributed by atoms with van der Waals surface area (Å²) in [5.41, 5.74) is 6.49. The molecule has 0 bridgehead atoms. The van der Waals surface area contributed by atoms with Gasteiger partial charge in [0, 0.05) is 23.2 Å². The van der Waals surface area contributed by atoms with Crippen LogP contribution < -0.4 is 5.73 Å². The lowest BCUT2D eigenvalue weighted by Crippen LogP contribution is -2.39. The van der Waals surface area contributed by atoms with Gasteiger partial charge < -0.3 is 10.6 Å². The van der Waals surface area contributed by atoms with Crippen LogP contribution in [0.4, 0.5) is 10.1 Å². The highest BCUT2D eigenvalue weighted by Gasteiger charge is 2.26. The number of rotatable bonds is 2. The third kappa shape index (κ3) is 2.62. The third-order valence-corrected chi connectivity index (χ3v) is 5.44. The number of hydrogen-bond acceptors (Lipinski definition) is 3. The molecule has 1 fully saturated rings. The van der Waals surface area contributed by atoms with Crippen LogP contribution in [-0.2, 0) is 0 Å². The third-order valence-electron chi connectivity index (χ3n) is 4.27. The molecule has 1 aromatic carbocycles. The lowest BCUT2D eigenvalue weighted by atomic mass is 9.95. The Balaban J connectivity index is 1.92. The fourth-order valence-electron chi connectivity index (χ4n) is 2.97. The van der Waals surface area contributed by atoms with Crippen molar-refractivity contribution in [3.8, 4) is 0 Å². The zero-order valence-electron chi connectivity index (χ0n) is 12.1. The molecule has 21 heavy (non-hydrogen) atoms. The first-order valence-corrected chi connectivity index (χ1v) is 8.18. The van der Waals surface area contributed by atoms with Gasteiger partial charge in [-0.25, -0.2) is 4.39 Å². The largest absolute Gasteiger partial charge is 0.397 e. The monoisotopic (exact) mass is 306 g/mol. The van der Waals surface area contributed by atoms with Crippen LogP contribution >= 0.6 is 11.3 Å². The van der Waals surface area contributed by atoms with Crippen molar-refractivity contribution in [1.29, 1.82) is 0 Å². The van der Waals surface area contributed by atoms with E-state index in [0.717, 1.165) is 30.6 Å². The second-order valence-electron chi connectivity index (χ2n) is 5.65. The zero-order chi connectivity index (χ0) is 15.0. The Bertz CT molecular complexity index is 682. The van der Waals surface area contributed by atoms with Crippen LogP contribution in [0.3, 0.4) is 0 Å². The minimum absolute atomic E-state index is 0.00717. The Labute approximate surface area is 127 Å². The molecule has 0 spiro atoms. The first-order valence-electron chi connectivity index (χ1n) is 7.37. The van der Waals surface area contributed by atoms with E-state index in [4.69, 9.17) is 5.73 Å². The number of nitrogen functional groups attached to an aromatic ring is 1. The van der Waals surface area contributed by atoms with Crippen molar-refractivity contribution in [3.05, 3.63) is 28.9 Å². The molecule has 5 heteroatoms. The number of thiophene rings is 1. The molecular formula is C16H19FN2OS. The van der Waals surface area contributed by atoms with Crippen LogP contribution in [0.1, 0.15) is 35.9 Å². The number of likely N-dealkylation sites (tertiary alicyclic amines) is 1. The molecule has 3 rings (SSSR count). The van der Waals surface area contributed by atoms with Crippen LogP contribution in [-0.4, -0.2) is 23.9 Å². The molecule has 1 aliphatic heterocycles. The highest BCUT2D eigenvalue weighted by Crippen LogP contribution is 2.35. The van der Waals surface area contributed by atoms with Gasteiger partial charge in [-0.3, -0.25) is 4.79 Å². The summed E-state index contributed by atoms with van der Waals surface area (Å²) in [7, 11) is 0. The maximum atomic E-state index is 13.3. The van der Waals surface area contributed by atoms with E-state index in [1.165, 1.54) is 29.9 Å². The summed E-state index contributed by atoms with van der Waals surface area (Å²) >= 11 is 1.36. The molecule has 1 saturated heterocycles. The van der Waals surface area contributed by atoms with Gasteiger partial charge >= 0.3 is 0 Å². The molecule has 2 heterocycles. The average molecular weight is 306 g/mol. The Morgan fingerprint density at radius 3 is 3.10 bits per heavy atom. The lowest BCUT2D eigenvalue weighted by molar-refractivity contribution is 0.0677. The molecule has 2 aromatic rings. The van der Waals surface area contributed by atoms with Crippen molar-refractivity contribution in [2.75, 3.05) is 18.8 Å². The van der Waals surface area contributed by atoms with Gasteiger partial charge in [-0.1, -0.05) is 13.3 Å². The first-order chi connectivity index (χ1) is 10.1. The summed E-state index contributed by atoms with van der Waals surface area (Å²) < 4.78 is 14.2. The lowest BCUT2D eigenvalue weighted by Gasteiger charge is -2.32. The van der Waals surface area contributed by atoms with Crippen LogP contribution in [0.25, 0.3) is 10.1 Å². The average Bonchev–Trinajstić information content (AvgIpc) is 2.83. The van der Waals surface area contributed by atoms with Gasteiger partial charge in [0.05, 0.1) is 5.69 Å². The van der Waals surface area contributed by atoms with Crippen molar-refractivity contribution in [1.82, 2.24) is 4.90 Å². The summed E-state index contributed by atoms with van der Waals surface area (Å²) in [6, 6.07) is 4.50. The highest BCUT2D eigenvalue weighted by molar-refractivity contribution is 7.21. The van der Waals surface area contributed by atoms with Gasteiger partial charge in [0.1, 0.15) is 10.7 Å². The molecule has 1 amide bonds. The quantitative estimate of drug-likeness (QED) is 0.915. The number of fused-ring (bicyclic) bond motifs is 1. The Hall–Kier alpha value is -1.62. The maximum absolute atomic E-state index is 13.3. The van der Waals surface area contributed by atoms with E-state index in [9.17, 15) is 9.18 Å². The normalized spacial score (nSPS) is 19.1. The first kappa shape index (κ1) is 14.3. The van der Waals surface area contributed by atoms with Gasteiger partial charge in [-0.15, -0.1) is 11.3 Å². The van der Waals surface area contributed by atoms with Crippen molar-refractivity contribution < 1.29 is 9.18 Å². The van der Waals surface area contributed by atoms with Crippen LogP contribution in [0.5, 0.6) is 0 Å². The van der Waals surface area contributed by atoms with E-state index < -0.39 is 0 Å². The van der Waals surface area contributed by atoms with E-state index in [2.05, 4.69) is 6.92 Å². The maximum Gasteiger partial charge on any atom is 0.266 e. The zero-order valence-corrected chi connectivity index (χ0v) is 12.9. The molecule has 1 aromatic heterocycles. The second kappa shape index (κ2) is 5.64. The van der Waals surface area contributed by atoms with Crippen molar-refractivity contribution >= 4 is 33.0 Å². The van der Waals surface area contributed by atoms with Gasteiger partial charge in [0.25, 0.3) is 5.91 Å². The smallest absolute Gasteiger partial charge is 0.266 e. The molecule has 0 aliphatic carbocycles. The molecule has 0 saturated carbocycles. The number of anilines is 1. The minimum atomic E-state index is -0.324. The molecule has 1 unspecified atom stereocenters. The summed E-state index contributed by atoms with van der Waals surface area (Å²) in [5, 5.41) is 0.646. The molecule has 3 nitrogen and oxygen atoms in total. The number of hydrogen-bond donors (Lipinski definition) is 1. The predicted octanol–water partition coefficient (Wildman–Crippen LogP) is 3.88. The number of piperidine rings is 1. The van der Waals surface area contributed by atoms with E-state index in [0.29, 0.717) is 21.9 Å². The fraction of sp³-hybridized carbons (Fsp3) is 0.438. The Kier molecular flexibility index (Phi) is 3.85. The topological polar surface area (TPSA) is 46.3 Å². The summed E-state index contributed by atoms with van der Waals surface area (Å²) in [4.78, 5) is 15.1. The number of amides is 1. The van der Waals surface area contributed by atoms with Crippen LogP contribution in [0, 0.1) is 11.7 Å². The number of nitrogens with two attached hydrogens (primary N) is 1. The van der Waals surface area contributed by atoms with Crippen molar-refractivity contribution in [2.24, 2.45) is 5.92 Å². The van der Waals surface area contributed by atoms with Gasteiger partial charge in [0.2, 0.25) is 0 Å². The number of carbonyl (C=O) groups excluding carboxylic acids is 1. The van der Waals surface area contributed by atoms with E-state index in [-0.39, 0.29) is 11.7 Å². The van der Waals surface area contributed by atoms with Crippen LogP contribution in [0.15, 0.2) is 18.2 Å². The number of halogens is 1. The van der Waals surface area contributed by atoms with Gasteiger partial charge in [0.15, 0.2) is 0 Å². The highest BCUT2D eigenvalue weighted by atomic mass is 32.1. The Morgan fingerprint density at radius 2 is 2.33 bits per heavy atom. The molecule has 112 valence electrons. The van der Waals surface area contributed by atoms with Crippen LogP contribution in [0.2, 0.25) is 0 Å². The number of benzene rings is 1. The summed E-state index contributed by atoms with van der Waals surface area (Å²) in [6.07, 6.45) is 3.33. The van der Waals surface area contributed by atoms with Gasteiger partial charge in [-0.2, -0.15) is 0 Å². The standard InChI is InChI=1S/C16H19FN2OS/c1-2-10-4-3-7-19(9-10)16(20)15-14(18)12-8-11(17)5-6-13(12)21-15/h5-6,8,10H,2-4,7,9,18H2,1H3. The number of nitrogens with zero attached hydrogens (tertiary/aromatic N) is 1.